The monoisotopic (exact) mass is 299 g/mol. The molecule has 0 fully saturated rings. The first kappa shape index (κ1) is 15.1. The number of anilines is 1. The summed E-state index contributed by atoms with van der Waals surface area (Å²) in [6, 6.07) is 12.3. The molecule has 0 unspecified atom stereocenters. The van der Waals surface area contributed by atoms with Crippen LogP contribution in [-0.2, 0) is 0 Å². The molecule has 106 valence electrons. The largest absolute Gasteiger partial charge is 0.384 e. The number of aryl methyl sites for hydroxylation is 1. The molecule has 0 bridgehead atoms. The predicted octanol–water partition coefficient (Wildman–Crippen LogP) is 3.24. The third-order valence-corrected chi connectivity index (χ3v) is 3.12. The second kappa shape index (κ2) is 6.94. The smallest absolute Gasteiger partial charge is 0.255 e. The first-order chi connectivity index (χ1) is 10.1. The number of carbonyl (C=O) groups excluding carboxylic acids is 1. The van der Waals surface area contributed by atoms with Crippen molar-refractivity contribution in [2.75, 3.05) is 11.9 Å². The maximum atomic E-state index is 12.2. The third kappa shape index (κ3) is 4.09. The van der Waals surface area contributed by atoms with E-state index in [-0.39, 0.29) is 12.5 Å². The molecule has 2 aromatic rings. The highest BCUT2D eigenvalue weighted by atomic mass is 35.5. The number of aliphatic hydroxyl groups excluding tert-OH is 1. The number of rotatable bonds is 2. The van der Waals surface area contributed by atoms with Crippen LogP contribution in [0.4, 0.5) is 5.69 Å². The fourth-order valence-corrected chi connectivity index (χ4v) is 2.09. The molecule has 0 aliphatic carbocycles. The van der Waals surface area contributed by atoms with Gasteiger partial charge in [-0.05, 0) is 55.0 Å². The summed E-state index contributed by atoms with van der Waals surface area (Å²) < 4.78 is 0. The van der Waals surface area contributed by atoms with Crippen molar-refractivity contribution in [3.8, 4) is 11.8 Å². The van der Waals surface area contributed by atoms with Crippen LogP contribution >= 0.6 is 11.6 Å². The van der Waals surface area contributed by atoms with Crippen LogP contribution in [0.1, 0.15) is 21.5 Å². The quantitative estimate of drug-likeness (QED) is 0.836. The highest BCUT2D eigenvalue weighted by Crippen LogP contribution is 2.17. The Bertz CT molecular complexity index is 712. The van der Waals surface area contributed by atoms with Crippen LogP contribution in [0.2, 0.25) is 5.02 Å². The van der Waals surface area contributed by atoms with Gasteiger partial charge in [-0.25, -0.2) is 0 Å². The summed E-state index contributed by atoms with van der Waals surface area (Å²) in [5.74, 6) is 5.18. The zero-order valence-electron chi connectivity index (χ0n) is 11.5. The van der Waals surface area contributed by atoms with Gasteiger partial charge in [-0.3, -0.25) is 4.79 Å². The molecule has 0 heterocycles. The van der Waals surface area contributed by atoms with Gasteiger partial charge < -0.3 is 10.4 Å². The Morgan fingerprint density at radius 3 is 2.57 bits per heavy atom. The van der Waals surface area contributed by atoms with Gasteiger partial charge in [-0.1, -0.05) is 23.4 Å². The van der Waals surface area contributed by atoms with Crippen molar-refractivity contribution in [3.05, 3.63) is 64.2 Å². The lowest BCUT2D eigenvalue weighted by Gasteiger charge is -2.08. The normalized spacial score (nSPS) is 9.67. The summed E-state index contributed by atoms with van der Waals surface area (Å²) in [5.41, 5.74) is 2.88. The zero-order valence-corrected chi connectivity index (χ0v) is 12.2. The molecule has 0 aromatic heterocycles. The summed E-state index contributed by atoms with van der Waals surface area (Å²) in [5, 5.41) is 12.1. The van der Waals surface area contributed by atoms with Gasteiger partial charge in [0.1, 0.15) is 6.61 Å². The molecule has 1 amide bonds. The number of benzene rings is 2. The van der Waals surface area contributed by atoms with Crippen molar-refractivity contribution >= 4 is 23.2 Å². The molecule has 0 saturated carbocycles. The number of nitrogens with one attached hydrogen (secondary N) is 1. The van der Waals surface area contributed by atoms with Gasteiger partial charge in [0.2, 0.25) is 0 Å². The third-order valence-electron chi connectivity index (χ3n) is 2.89. The molecule has 4 heteroatoms. The van der Waals surface area contributed by atoms with Crippen LogP contribution in [0.15, 0.2) is 42.5 Å². The summed E-state index contributed by atoms with van der Waals surface area (Å²) in [6.45, 7) is 1.67. The Labute approximate surface area is 128 Å². The van der Waals surface area contributed by atoms with E-state index in [1.807, 2.05) is 6.92 Å². The molecule has 0 spiro atoms. The van der Waals surface area contributed by atoms with E-state index in [2.05, 4.69) is 17.2 Å². The van der Waals surface area contributed by atoms with Crippen LogP contribution in [0.3, 0.4) is 0 Å². The second-order valence-corrected chi connectivity index (χ2v) is 4.89. The maximum Gasteiger partial charge on any atom is 0.255 e. The predicted molar refractivity (Wildman–Crippen MR) is 84.5 cm³/mol. The zero-order chi connectivity index (χ0) is 15.2. The number of carbonyl (C=O) groups is 1. The topological polar surface area (TPSA) is 49.3 Å². The molecule has 21 heavy (non-hydrogen) atoms. The number of amides is 1. The van der Waals surface area contributed by atoms with E-state index >= 15 is 0 Å². The highest BCUT2D eigenvalue weighted by molar-refractivity contribution is 6.30. The lowest BCUT2D eigenvalue weighted by molar-refractivity contribution is 0.102. The minimum atomic E-state index is -0.182. The number of aliphatic hydroxyl groups is 1. The van der Waals surface area contributed by atoms with Crippen molar-refractivity contribution in [3.63, 3.8) is 0 Å². The molecule has 0 aliphatic rings. The first-order valence-electron chi connectivity index (χ1n) is 6.37. The van der Waals surface area contributed by atoms with Gasteiger partial charge in [0.05, 0.1) is 0 Å². The van der Waals surface area contributed by atoms with Gasteiger partial charge in [-0.2, -0.15) is 0 Å². The fraction of sp³-hybridized carbons (Fsp3) is 0.118. The van der Waals surface area contributed by atoms with Crippen molar-refractivity contribution in [1.29, 1.82) is 0 Å². The Balaban J connectivity index is 2.12. The van der Waals surface area contributed by atoms with Gasteiger partial charge in [0, 0.05) is 21.8 Å². The first-order valence-corrected chi connectivity index (χ1v) is 6.75. The average molecular weight is 300 g/mol. The van der Waals surface area contributed by atoms with E-state index in [4.69, 9.17) is 16.7 Å². The maximum absolute atomic E-state index is 12.2. The van der Waals surface area contributed by atoms with Crippen molar-refractivity contribution in [1.82, 2.24) is 0 Å². The van der Waals surface area contributed by atoms with Gasteiger partial charge >= 0.3 is 0 Å². The molecule has 3 nitrogen and oxygen atoms in total. The van der Waals surface area contributed by atoms with E-state index in [0.717, 1.165) is 11.1 Å². The minimum absolute atomic E-state index is 0.172. The molecule has 2 aromatic carbocycles. The molecule has 0 radical (unpaired) electrons. The molecule has 0 atom stereocenters. The van der Waals surface area contributed by atoms with Crippen LogP contribution in [0.25, 0.3) is 0 Å². The van der Waals surface area contributed by atoms with Crippen molar-refractivity contribution < 1.29 is 9.90 Å². The molecular weight excluding hydrogens is 286 g/mol. The summed E-state index contributed by atoms with van der Waals surface area (Å²) in [6.07, 6.45) is 0. The molecule has 0 aliphatic heterocycles. The van der Waals surface area contributed by atoms with E-state index in [9.17, 15) is 4.79 Å². The van der Waals surface area contributed by atoms with Gasteiger partial charge in [-0.15, -0.1) is 0 Å². The molecule has 2 N–H and O–H groups in total. The number of halogens is 1. The van der Waals surface area contributed by atoms with E-state index in [1.54, 1.807) is 42.5 Å². The summed E-state index contributed by atoms with van der Waals surface area (Å²) in [7, 11) is 0. The molecular formula is C17H14ClNO2. The fourth-order valence-electron chi connectivity index (χ4n) is 1.86. The van der Waals surface area contributed by atoms with Crippen LogP contribution in [0.5, 0.6) is 0 Å². The van der Waals surface area contributed by atoms with Crippen molar-refractivity contribution in [2.45, 2.75) is 6.92 Å². The second-order valence-electron chi connectivity index (χ2n) is 4.45. The standard InChI is InChI=1S/C17H14ClNO2/c1-12-11-14(18)6-9-16(12)17(21)19-15-7-4-13(5-8-15)3-2-10-20/h4-9,11,20H,10H2,1H3,(H,19,21). The van der Waals surface area contributed by atoms with Gasteiger partial charge in [0.15, 0.2) is 0 Å². The van der Waals surface area contributed by atoms with E-state index in [0.29, 0.717) is 16.3 Å². The molecule has 2 rings (SSSR count). The van der Waals surface area contributed by atoms with Crippen LogP contribution in [0, 0.1) is 18.8 Å². The van der Waals surface area contributed by atoms with Crippen molar-refractivity contribution in [2.24, 2.45) is 0 Å². The lowest BCUT2D eigenvalue weighted by atomic mass is 10.1. The van der Waals surface area contributed by atoms with Gasteiger partial charge in [0.25, 0.3) is 5.91 Å². The molecule has 0 saturated heterocycles. The van der Waals surface area contributed by atoms with E-state index in [1.165, 1.54) is 0 Å². The van der Waals surface area contributed by atoms with E-state index < -0.39 is 0 Å². The summed E-state index contributed by atoms with van der Waals surface area (Å²) >= 11 is 5.88. The van der Waals surface area contributed by atoms with Crippen LogP contribution in [-0.4, -0.2) is 17.6 Å². The summed E-state index contributed by atoms with van der Waals surface area (Å²) in [4.78, 5) is 12.2. The SMILES string of the molecule is Cc1cc(Cl)ccc1C(=O)Nc1ccc(C#CCO)cc1. The number of hydrogen-bond donors (Lipinski definition) is 2. The van der Waals surface area contributed by atoms with Crippen LogP contribution < -0.4 is 5.32 Å². The Morgan fingerprint density at radius 1 is 1.24 bits per heavy atom. The average Bonchev–Trinajstić information content (AvgIpc) is 2.46. The minimum Gasteiger partial charge on any atom is -0.384 e. The highest BCUT2D eigenvalue weighted by Gasteiger charge is 2.09. The Kier molecular flexibility index (Phi) is 4.99. The number of hydrogen-bond acceptors (Lipinski definition) is 2. The Morgan fingerprint density at radius 2 is 1.95 bits per heavy atom. The Hall–Kier alpha value is -2.28. The lowest BCUT2D eigenvalue weighted by Crippen LogP contribution is -2.13.